The summed E-state index contributed by atoms with van der Waals surface area (Å²) in [5.41, 5.74) is 6.69. The fraction of sp³-hybridized carbons (Fsp3) is 0.471. The summed E-state index contributed by atoms with van der Waals surface area (Å²) in [4.78, 5) is 14.7. The minimum absolute atomic E-state index is 0.0831. The molecule has 0 unspecified atom stereocenters. The number of nitrogens with zero attached hydrogens (tertiary/aromatic N) is 3. The van der Waals surface area contributed by atoms with E-state index in [9.17, 15) is 4.79 Å². The molecule has 7 nitrogen and oxygen atoms in total. The molecule has 1 atom stereocenters. The van der Waals surface area contributed by atoms with E-state index in [1.54, 1.807) is 0 Å². The number of nitrogens with two attached hydrogens (primary N) is 1. The Morgan fingerprint density at radius 2 is 2.12 bits per heavy atom. The largest absolute Gasteiger partial charge is 0.490 e. The molecule has 26 heavy (non-hydrogen) atoms. The number of rotatable bonds is 4. The first-order chi connectivity index (χ1) is 12.7. The Morgan fingerprint density at radius 3 is 2.92 bits per heavy atom. The van der Waals surface area contributed by atoms with E-state index in [-0.39, 0.29) is 11.9 Å². The van der Waals surface area contributed by atoms with Gasteiger partial charge in [-0.05, 0) is 30.5 Å². The van der Waals surface area contributed by atoms with Crippen LogP contribution in [0.5, 0.6) is 11.5 Å². The summed E-state index contributed by atoms with van der Waals surface area (Å²) >= 11 is 2.69. The predicted octanol–water partition coefficient (Wildman–Crippen LogP) is 2.74. The number of hydrogen-bond donors (Lipinski definition) is 1. The highest BCUT2D eigenvalue weighted by molar-refractivity contribution is 8.01. The molecule has 3 heterocycles. The van der Waals surface area contributed by atoms with Crippen molar-refractivity contribution < 1.29 is 14.3 Å². The van der Waals surface area contributed by atoms with Crippen LogP contribution in [0, 0.1) is 0 Å². The molecule has 1 fully saturated rings. The highest BCUT2D eigenvalue weighted by Crippen LogP contribution is 2.38. The molecule has 2 aliphatic rings. The van der Waals surface area contributed by atoms with Crippen molar-refractivity contribution in [1.29, 1.82) is 0 Å². The Hall–Kier alpha value is -2.00. The molecule has 1 saturated heterocycles. The maximum Gasteiger partial charge on any atom is 0.233 e. The number of likely N-dealkylation sites (tertiary alicyclic amines) is 1. The van der Waals surface area contributed by atoms with E-state index in [1.807, 2.05) is 23.1 Å². The predicted molar refractivity (Wildman–Crippen MR) is 101 cm³/mol. The molecule has 0 spiro atoms. The molecular formula is C17H20N4O3S2. The van der Waals surface area contributed by atoms with Crippen molar-refractivity contribution in [3.8, 4) is 11.5 Å². The molecule has 1 aromatic heterocycles. The number of ether oxygens (including phenoxy) is 2. The number of amides is 1. The van der Waals surface area contributed by atoms with Crippen LogP contribution in [-0.4, -0.2) is 46.5 Å². The highest BCUT2D eigenvalue weighted by atomic mass is 32.2. The summed E-state index contributed by atoms with van der Waals surface area (Å²) in [6, 6.07) is 6.10. The standard InChI is InChI=1S/C17H20N4O3S2/c18-16-19-20-17(26-16)25-10-15(22)21-6-1-3-12(21)11-4-5-13-14(9-11)24-8-2-7-23-13/h4-5,9,12H,1-3,6-8,10H2,(H2,18,19)/t12-/m0/s1. The maximum atomic E-state index is 12.7. The van der Waals surface area contributed by atoms with Gasteiger partial charge in [0, 0.05) is 13.0 Å². The zero-order valence-electron chi connectivity index (χ0n) is 14.2. The fourth-order valence-corrected chi connectivity index (χ4v) is 4.81. The second-order valence-corrected chi connectivity index (χ2v) is 8.43. The number of benzene rings is 1. The molecule has 2 N–H and O–H groups in total. The number of nitrogen functional groups attached to an aromatic ring is 1. The van der Waals surface area contributed by atoms with Gasteiger partial charge in [0.15, 0.2) is 15.8 Å². The number of aromatic nitrogens is 2. The Morgan fingerprint density at radius 1 is 1.27 bits per heavy atom. The Balaban J connectivity index is 1.45. The summed E-state index contributed by atoms with van der Waals surface area (Å²) in [6.45, 7) is 2.11. The lowest BCUT2D eigenvalue weighted by atomic mass is 10.0. The molecule has 2 aromatic rings. The summed E-state index contributed by atoms with van der Waals surface area (Å²) in [6.07, 6.45) is 2.84. The van der Waals surface area contributed by atoms with E-state index in [4.69, 9.17) is 15.2 Å². The first-order valence-corrected chi connectivity index (χ1v) is 10.4. The Labute approximate surface area is 159 Å². The Bertz CT molecular complexity index is 798. The number of thioether (sulfide) groups is 1. The molecule has 0 aliphatic carbocycles. The fourth-order valence-electron chi connectivity index (χ4n) is 3.28. The SMILES string of the molecule is Nc1nnc(SCC(=O)N2CCC[C@H]2c2ccc3c(c2)OCCCO3)s1. The van der Waals surface area contributed by atoms with E-state index in [2.05, 4.69) is 10.2 Å². The highest BCUT2D eigenvalue weighted by Gasteiger charge is 2.30. The van der Waals surface area contributed by atoms with Crippen molar-refractivity contribution in [1.82, 2.24) is 15.1 Å². The molecule has 0 bridgehead atoms. The van der Waals surface area contributed by atoms with Gasteiger partial charge in [-0.3, -0.25) is 4.79 Å². The van der Waals surface area contributed by atoms with Gasteiger partial charge in [0.1, 0.15) is 0 Å². The van der Waals surface area contributed by atoms with E-state index >= 15 is 0 Å². The van der Waals surface area contributed by atoms with Crippen LogP contribution in [0.15, 0.2) is 22.5 Å². The smallest absolute Gasteiger partial charge is 0.233 e. The lowest BCUT2D eigenvalue weighted by Gasteiger charge is -2.25. The third-order valence-electron chi connectivity index (χ3n) is 4.47. The molecule has 1 amide bonds. The summed E-state index contributed by atoms with van der Waals surface area (Å²) in [7, 11) is 0. The van der Waals surface area contributed by atoms with E-state index < -0.39 is 0 Å². The lowest BCUT2D eigenvalue weighted by molar-refractivity contribution is -0.129. The average molecular weight is 393 g/mol. The van der Waals surface area contributed by atoms with Crippen LogP contribution in [0.25, 0.3) is 0 Å². The molecular weight excluding hydrogens is 372 g/mol. The van der Waals surface area contributed by atoms with Gasteiger partial charge in [0.05, 0.1) is 25.0 Å². The van der Waals surface area contributed by atoms with Crippen LogP contribution < -0.4 is 15.2 Å². The van der Waals surface area contributed by atoms with Crippen LogP contribution in [0.2, 0.25) is 0 Å². The van der Waals surface area contributed by atoms with Gasteiger partial charge < -0.3 is 20.1 Å². The van der Waals surface area contributed by atoms with Crippen molar-refractivity contribution in [2.24, 2.45) is 0 Å². The maximum absolute atomic E-state index is 12.7. The van der Waals surface area contributed by atoms with E-state index in [1.165, 1.54) is 23.1 Å². The number of anilines is 1. The average Bonchev–Trinajstić information content (AvgIpc) is 3.23. The van der Waals surface area contributed by atoms with Gasteiger partial charge in [0.25, 0.3) is 0 Å². The number of hydrogen-bond acceptors (Lipinski definition) is 8. The van der Waals surface area contributed by atoms with Gasteiger partial charge in [-0.15, -0.1) is 10.2 Å². The molecule has 0 radical (unpaired) electrons. The second-order valence-electron chi connectivity index (χ2n) is 6.20. The van der Waals surface area contributed by atoms with Gasteiger partial charge in [-0.25, -0.2) is 0 Å². The first kappa shape index (κ1) is 17.4. The van der Waals surface area contributed by atoms with Gasteiger partial charge in [-0.1, -0.05) is 29.2 Å². The number of carbonyl (C=O) groups excluding carboxylic acids is 1. The van der Waals surface area contributed by atoms with E-state index in [0.717, 1.165) is 47.2 Å². The normalized spacial score (nSPS) is 19.4. The minimum Gasteiger partial charge on any atom is -0.490 e. The Kier molecular flexibility index (Phi) is 5.16. The molecule has 2 aliphatic heterocycles. The molecule has 4 rings (SSSR count). The quantitative estimate of drug-likeness (QED) is 0.800. The second kappa shape index (κ2) is 7.71. The molecule has 138 valence electrons. The summed E-state index contributed by atoms with van der Waals surface area (Å²) < 4.78 is 12.2. The van der Waals surface area contributed by atoms with Crippen LogP contribution >= 0.6 is 23.1 Å². The molecule has 0 saturated carbocycles. The summed E-state index contributed by atoms with van der Waals surface area (Å²) in [5, 5.41) is 8.15. The third-order valence-corrected chi connectivity index (χ3v) is 6.34. The summed E-state index contributed by atoms with van der Waals surface area (Å²) in [5.74, 6) is 2.01. The minimum atomic E-state index is 0.0831. The first-order valence-electron chi connectivity index (χ1n) is 8.61. The van der Waals surface area contributed by atoms with Crippen molar-refractivity contribution >= 4 is 34.1 Å². The van der Waals surface area contributed by atoms with Crippen LogP contribution in [0.4, 0.5) is 5.13 Å². The van der Waals surface area contributed by atoms with Gasteiger partial charge in [0.2, 0.25) is 11.0 Å². The lowest BCUT2D eigenvalue weighted by Crippen LogP contribution is -2.32. The van der Waals surface area contributed by atoms with Crippen molar-refractivity contribution in [3.05, 3.63) is 23.8 Å². The van der Waals surface area contributed by atoms with Gasteiger partial charge in [-0.2, -0.15) is 0 Å². The van der Waals surface area contributed by atoms with Crippen molar-refractivity contribution in [3.63, 3.8) is 0 Å². The zero-order valence-corrected chi connectivity index (χ0v) is 15.9. The van der Waals surface area contributed by atoms with Crippen LogP contribution in [0.3, 0.4) is 0 Å². The molecule has 1 aromatic carbocycles. The molecule has 9 heteroatoms. The number of carbonyl (C=O) groups is 1. The van der Waals surface area contributed by atoms with Crippen molar-refractivity contribution in [2.45, 2.75) is 29.6 Å². The van der Waals surface area contributed by atoms with Gasteiger partial charge >= 0.3 is 0 Å². The van der Waals surface area contributed by atoms with Crippen LogP contribution in [0.1, 0.15) is 30.9 Å². The topological polar surface area (TPSA) is 90.6 Å². The zero-order chi connectivity index (χ0) is 17.9. The van der Waals surface area contributed by atoms with E-state index in [0.29, 0.717) is 24.1 Å². The third kappa shape index (κ3) is 3.73. The monoisotopic (exact) mass is 392 g/mol. The van der Waals surface area contributed by atoms with Crippen molar-refractivity contribution in [2.75, 3.05) is 31.2 Å². The number of fused-ring (bicyclic) bond motifs is 1. The van der Waals surface area contributed by atoms with Crippen LogP contribution in [-0.2, 0) is 4.79 Å².